The second kappa shape index (κ2) is 4.50. The van der Waals surface area contributed by atoms with Crippen LogP contribution in [-0.2, 0) is 6.42 Å². The first-order valence-corrected chi connectivity index (χ1v) is 8.34. The van der Waals surface area contributed by atoms with E-state index < -0.39 is 0 Å². The summed E-state index contributed by atoms with van der Waals surface area (Å²) in [5.74, 6) is 1.72. The Kier molecular flexibility index (Phi) is 2.82. The molecule has 0 amide bonds. The summed E-state index contributed by atoms with van der Waals surface area (Å²) in [5, 5.41) is 9.71. The van der Waals surface area contributed by atoms with Gasteiger partial charge in [-0.05, 0) is 66.7 Å². The summed E-state index contributed by atoms with van der Waals surface area (Å²) in [6, 6.07) is 5.98. The van der Waals surface area contributed by atoms with Gasteiger partial charge < -0.3 is 5.11 Å². The van der Waals surface area contributed by atoms with Crippen molar-refractivity contribution in [3.05, 3.63) is 52.6 Å². The van der Waals surface area contributed by atoms with E-state index in [2.05, 4.69) is 32.1 Å². The van der Waals surface area contributed by atoms with Gasteiger partial charge in [0.1, 0.15) is 5.75 Å². The molecule has 3 aliphatic carbocycles. The van der Waals surface area contributed by atoms with Crippen LogP contribution in [-0.4, -0.2) is 5.11 Å². The van der Waals surface area contributed by atoms with Gasteiger partial charge in [-0.15, -0.1) is 0 Å². The Morgan fingerprint density at radius 3 is 2.95 bits per heavy atom. The third kappa shape index (κ3) is 1.76. The molecular formula is C20H24O. The lowest BCUT2D eigenvalue weighted by atomic mass is 9.58. The van der Waals surface area contributed by atoms with Crippen molar-refractivity contribution in [1.82, 2.24) is 0 Å². The standard InChI is InChI=1S/C20H24O/c1-3-14-5-9-19-18-7-4-13-12-15(21)6-8-16(13)17(18)10-11-20(14,19)2/h5-8,12,17,19,21H,3-4,9-11H2,1-2H3/t17?,19?,20-/m1/s1. The molecule has 1 fully saturated rings. The number of phenolic OH excluding ortho intramolecular Hbond substituents is 1. The maximum Gasteiger partial charge on any atom is 0.115 e. The predicted molar refractivity (Wildman–Crippen MR) is 86.5 cm³/mol. The Morgan fingerprint density at radius 1 is 1.29 bits per heavy atom. The fourth-order valence-electron chi connectivity index (χ4n) is 5.17. The van der Waals surface area contributed by atoms with Crippen molar-refractivity contribution in [3.8, 4) is 5.75 Å². The van der Waals surface area contributed by atoms with Crippen LogP contribution < -0.4 is 0 Å². The number of phenols is 1. The van der Waals surface area contributed by atoms with Crippen molar-refractivity contribution in [1.29, 1.82) is 0 Å². The van der Waals surface area contributed by atoms with Gasteiger partial charge in [-0.3, -0.25) is 0 Å². The molecule has 0 bridgehead atoms. The van der Waals surface area contributed by atoms with Crippen LogP contribution in [0, 0.1) is 11.3 Å². The first-order valence-electron chi connectivity index (χ1n) is 8.34. The molecular weight excluding hydrogens is 256 g/mol. The minimum absolute atomic E-state index is 0.405. The molecule has 0 saturated heterocycles. The van der Waals surface area contributed by atoms with Gasteiger partial charge in [-0.2, -0.15) is 0 Å². The number of hydrogen-bond acceptors (Lipinski definition) is 1. The van der Waals surface area contributed by atoms with Crippen molar-refractivity contribution in [2.24, 2.45) is 11.3 Å². The van der Waals surface area contributed by atoms with Crippen molar-refractivity contribution in [2.45, 2.75) is 51.9 Å². The average Bonchev–Trinajstić information content (AvgIpc) is 2.83. The number of rotatable bonds is 1. The van der Waals surface area contributed by atoms with E-state index in [1.807, 2.05) is 12.1 Å². The Labute approximate surface area is 127 Å². The second-order valence-electron chi connectivity index (χ2n) is 7.17. The highest BCUT2D eigenvalue weighted by Gasteiger charge is 2.48. The monoisotopic (exact) mass is 280 g/mol. The van der Waals surface area contributed by atoms with Gasteiger partial charge in [0.05, 0.1) is 0 Å². The summed E-state index contributed by atoms with van der Waals surface area (Å²) in [6.07, 6.45) is 11.0. The Hall–Kier alpha value is -1.50. The number of benzene rings is 1. The molecule has 0 aromatic heterocycles. The molecule has 1 saturated carbocycles. The zero-order valence-electron chi connectivity index (χ0n) is 13.0. The lowest BCUT2D eigenvalue weighted by Crippen LogP contribution is -2.35. The molecule has 1 aromatic carbocycles. The molecule has 0 aliphatic heterocycles. The van der Waals surface area contributed by atoms with Gasteiger partial charge in [0.15, 0.2) is 0 Å². The van der Waals surface area contributed by atoms with Crippen LogP contribution in [0.1, 0.15) is 56.6 Å². The molecule has 1 aromatic rings. The molecule has 110 valence electrons. The summed E-state index contributed by atoms with van der Waals surface area (Å²) in [4.78, 5) is 0. The third-order valence-electron chi connectivity index (χ3n) is 6.30. The number of fused-ring (bicyclic) bond motifs is 5. The van der Waals surface area contributed by atoms with Crippen LogP contribution in [0.5, 0.6) is 5.75 Å². The van der Waals surface area contributed by atoms with Crippen molar-refractivity contribution >= 4 is 0 Å². The minimum atomic E-state index is 0.405. The smallest absolute Gasteiger partial charge is 0.115 e. The first-order chi connectivity index (χ1) is 10.1. The van der Waals surface area contributed by atoms with E-state index in [0.29, 0.717) is 23.0 Å². The van der Waals surface area contributed by atoms with E-state index in [4.69, 9.17) is 0 Å². The molecule has 2 unspecified atom stereocenters. The Balaban J connectivity index is 1.73. The quantitative estimate of drug-likeness (QED) is 0.708. The highest BCUT2D eigenvalue weighted by Crippen LogP contribution is 2.60. The van der Waals surface area contributed by atoms with Gasteiger partial charge in [-0.1, -0.05) is 43.2 Å². The zero-order valence-corrected chi connectivity index (χ0v) is 13.0. The first kappa shape index (κ1) is 13.2. The molecule has 1 nitrogen and oxygen atoms in total. The Morgan fingerprint density at radius 2 is 2.14 bits per heavy atom. The molecule has 0 radical (unpaired) electrons. The highest BCUT2D eigenvalue weighted by molar-refractivity contribution is 5.48. The fraction of sp³-hybridized carbons (Fsp3) is 0.500. The molecule has 0 heterocycles. The summed E-state index contributed by atoms with van der Waals surface area (Å²) in [7, 11) is 0. The molecule has 1 N–H and O–H groups in total. The Bertz CT molecular complexity index is 652. The SMILES string of the molecule is CCC1=CCC2C3=CCc4cc(O)ccc4C3CC[C@]12C. The van der Waals surface area contributed by atoms with Crippen LogP contribution >= 0.6 is 0 Å². The third-order valence-corrected chi connectivity index (χ3v) is 6.30. The maximum absolute atomic E-state index is 9.71. The van der Waals surface area contributed by atoms with E-state index in [-0.39, 0.29) is 0 Å². The zero-order chi connectivity index (χ0) is 14.6. The molecule has 0 spiro atoms. The second-order valence-corrected chi connectivity index (χ2v) is 7.17. The molecule has 3 aliphatic rings. The molecule has 21 heavy (non-hydrogen) atoms. The maximum atomic E-state index is 9.71. The molecule has 3 atom stereocenters. The van der Waals surface area contributed by atoms with Gasteiger partial charge in [0.2, 0.25) is 0 Å². The average molecular weight is 280 g/mol. The van der Waals surface area contributed by atoms with Crippen LogP contribution in [0.4, 0.5) is 0 Å². The van der Waals surface area contributed by atoms with Gasteiger partial charge >= 0.3 is 0 Å². The van der Waals surface area contributed by atoms with Gasteiger partial charge in [-0.25, -0.2) is 0 Å². The van der Waals surface area contributed by atoms with Crippen LogP contribution in [0.3, 0.4) is 0 Å². The van der Waals surface area contributed by atoms with E-state index in [1.54, 1.807) is 11.1 Å². The molecule has 1 heteroatoms. The summed E-state index contributed by atoms with van der Waals surface area (Å²) < 4.78 is 0. The van der Waals surface area contributed by atoms with Crippen LogP contribution in [0.15, 0.2) is 41.5 Å². The van der Waals surface area contributed by atoms with E-state index in [1.165, 1.54) is 36.8 Å². The number of aromatic hydroxyl groups is 1. The topological polar surface area (TPSA) is 20.2 Å². The number of allylic oxidation sites excluding steroid dienone is 4. The van der Waals surface area contributed by atoms with Gasteiger partial charge in [0.25, 0.3) is 0 Å². The summed E-state index contributed by atoms with van der Waals surface area (Å²) >= 11 is 0. The van der Waals surface area contributed by atoms with E-state index in [9.17, 15) is 5.11 Å². The lowest BCUT2D eigenvalue weighted by Gasteiger charge is -2.46. The van der Waals surface area contributed by atoms with E-state index in [0.717, 1.165) is 6.42 Å². The van der Waals surface area contributed by atoms with Crippen LogP contribution in [0.25, 0.3) is 0 Å². The van der Waals surface area contributed by atoms with Crippen molar-refractivity contribution < 1.29 is 5.11 Å². The van der Waals surface area contributed by atoms with E-state index >= 15 is 0 Å². The summed E-state index contributed by atoms with van der Waals surface area (Å²) in [5.41, 5.74) is 6.57. The highest BCUT2D eigenvalue weighted by atomic mass is 16.3. The lowest BCUT2D eigenvalue weighted by molar-refractivity contribution is 0.214. The minimum Gasteiger partial charge on any atom is -0.508 e. The van der Waals surface area contributed by atoms with Crippen molar-refractivity contribution in [2.75, 3.05) is 0 Å². The van der Waals surface area contributed by atoms with Gasteiger partial charge in [0, 0.05) is 5.92 Å². The summed E-state index contributed by atoms with van der Waals surface area (Å²) in [6.45, 7) is 4.79. The van der Waals surface area contributed by atoms with Crippen molar-refractivity contribution in [3.63, 3.8) is 0 Å². The normalized spacial score (nSPS) is 33.6. The fourth-order valence-corrected chi connectivity index (χ4v) is 5.17. The predicted octanol–water partition coefficient (Wildman–Crippen LogP) is 5.11. The number of hydrogen-bond donors (Lipinski definition) is 1. The molecule has 4 rings (SSSR count). The van der Waals surface area contributed by atoms with Crippen LogP contribution in [0.2, 0.25) is 0 Å². The largest absolute Gasteiger partial charge is 0.508 e.